The summed E-state index contributed by atoms with van der Waals surface area (Å²) in [6, 6.07) is 9.09. The third kappa shape index (κ3) is 5.67. The molecule has 2 rings (SSSR count). The van der Waals surface area contributed by atoms with E-state index in [1.165, 1.54) is 4.31 Å². The molecule has 0 spiro atoms. The summed E-state index contributed by atoms with van der Waals surface area (Å²) in [5.41, 5.74) is 6.39. The average molecular weight is 390 g/mol. The van der Waals surface area contributed by atoms with Gasteiger partial charge in [0.25, 0.3) is 0 Å². The van der Waals surface area contributed by atoms with E-state index < -0.39 is 10.0 Å². The molecule has 2 unspecified atom stereocenters. The van der Waals surface area contributed by atoms with E-state index in [0.717, 1.165) is 12.0 Å². The third-order valence-electron chi connectivity index (χ3n) is 4.67. The second-order valence-corrected chi connectivity index (χ2v) is 8.44. The van der Waals surface area contributed by atoms with Crippen LogP contribution < -0.4 is 5.73 Å². The van der Waals surface area contributed by atoms with Crippen LogP contribution in [0.25, 0.3) is 0 Å². The first-order valence-electron chi connectivity index (χ1n) is 8.33. The van der Waals surface area contributed by atoms with Gasteiger partial charge >= 0.3 is 0 Å². The van der Waals surface area contributed by atoms with Crippen molar-refractivity contribution in [2.45, 2.75) is 31.6 Å². The van der Waals surface area contributed by atoms with Gasteiger partial charge in [-0.15, -0.1) is 12.4 Å². The van der Waals surface area contributed by atoms with Crippen molar-refractivity contribution >= 4 is 28.3 Å². The highest BCUT2D eigenvalue weighted by Crippen LogP contribution is 2.23. The van der Waals surface area contributed by atoms with Gasteiger partial charge in [-0.3, -0.25) is 4.79 Å². The molecule has 2 N–H and O–H groups in total. The lowest BCUT2D eigenvalue weighted by Gasteiger charge is -2.34. The summed E-state index contributed by atoms with van der Waals surface area (Å²) in [7, 11) is -1.68. The first-order valence-corrected chi connectivity index (χ1v) is 9.94. The van der Waals surface area contributed by atoms with Gasteiger partial charge in [0.15, 0.2) is 0 Å². The van der Waals surface area contributed by atoms with Crippen LogP contribution in [0.3, 0.4) is 0 Å². The number of benzene rings is 1. The first-order chi connectivity index (χ1) is 11.3. The predicted molar refractivity (Wildman–Crippen MR) is 102 cm³/mol. The van der Waals surface area contributed by atoms with Gasteiger partial charge in [-0.2, -0.15) is 0 Å². The molecular weight excluding hydrogens is 362 g/mol. The Morgan fingerprint density at radius 1 is 1.36 bits per heavy atom. The molecule has 8 heteroatoms. The molecule has 142 valence electrons. The van der Waals surface area contributed by atoms with E-state index in [1.807, 2.05) is 25.1 Å². The number of carbonyl (C=O) groups is 1. The van der Waals surface area contributed by atoms with Crippen molar-refractivity contribution in [2.75, 3.05) is 26.7 Å². The van der Waals surface area contributed by atoms with E-state index in [-0.39, 0.29) is 42.6 Å². The van der Waals surface area contributed by atoms with Crippen LogP contribution in [-0.4, -0.2) is 56.3 Å². The minimum absolute atomic E-state index is 0. The summed E-state index contributed by atoms with van der Waals surface area (Å²) in [5.74, 6) is -0.333. The van der Waals surface area contributed by atoms with Crippen molar-refractivity contribution in [1.29, 1.82) is 0 Å². The lowest BCUT2D eigenvalue weighted by atomic mass is 9.97. The fourth-order valence-corrected chi connectivity index (χ4v) is 4.55. The number of sulfonamides is 1. The van der Waals surface area contributed by atoms with Crippen LogP contribution in [0.5, 0.6) is 0 Å². The fraction of sp³-hybridized carbons (Fsp3) is 0.588. The number of nitrogens with zero attached hydrogens (tertiary/aromatic N) is 2. The van der Waals surface area contributed by atoms with Crippen LogP contribution in [0.15, 0.2) is 30.3 Å². The zero-order valence-electron chi connectivity index (χ0n) is 14.8. The fourth-order valence-electron chi connectivity index (χ4n) is 2.94. The SMILES string of the molecule is CC(CN)N(C)C(=O)C1CCCN(S(=O)(=O)Cc2ccccc2)C1.Cl. The van der Waals surface area contributed by atoms with E-state index in [0.29, 0.717) is 19.5 Å². The molecule has 1 heterocycles. The smallest absolute Gasteiger partial charge is 0.227 e. The molecule has 1 aliphatic heterocycles. The molecular formula is C17H28ClN3O3S. The van der Waals surface area contributed by atoms with E-state index in [2.05, 4.69) is 0 Å². The minimum Gasteiger partial charge on any atom is -0.342 e. The highest BCUT2D eigenvalue weighted by Gasteiger charge is 2.34. The molecule has 1 aromatic carbocycles. The van der Waals surface area contributed by atoms with Gasteiger partial charge in [-0.05, 0) is 25.3 Å². The molecule has 1 aromatic rings. The molecule has 0 aromatic heterocycles. The second kappa shape index (κ2) is 9.52. The van der Waals surface area contributed by atoms with Gasteiger partial charge in [0.05, 0.1) is 11.7 Å². The van der Waals surface area contributed by atoms with E-state index in [1.54, 1.807) is 24.1 Å². The molecule has 1 aliphatic rings. The van der Waals surface area contributed by atoms with Gasteiger partial charge < -0.3 is 10.6 Å². The zero-order chi connectivity index (χ0) is 17.7. The zero-order valence-corrected chi connectivity index (χ0v) is 16.4. The van der Waals surface area contributed by atoms with Crippen LogP contribution in [0.4, 0.5) is 0 Å². The number of nitrogens with two attached hydrogens (primary N) is 1. The minimum atomic E-state index is -3.42. The maximum atomic E-state index is 12.7. The molecule has 0 radical (unpaired) electrons. The molecule has 0 aliphatic carbocycles. The van der Waals surface area contributed by atoms with Gasteiger partial charge in [-0.25, -0.2) is 12.7 Å². The van der Waals surface area contributed by atoms with Crippen LogP contribution in [0.2, 0.25) is 0 Å². The standard InChI is InChI=1S/C17H27N3O3S.ClH/c1-14(11-18)19(2)17(21)16-9-6-10-20(12-16)24(22,23)13-15-7-4-3-5-8-15;/h3-5,7-8,14,16H,6,9-13,18H2,1-2H3;1H. The van der Waals surface area contributed by atoms with Gasteiger partial charge in [0.2, 0.25) is 15.9 Å². The normalized spacial score (nSPS) is 19.7. The number of hydrogen-bond donors (Lipinski definition) is 1. The lowest BCUT2D eigenvalue weighted by molar-refractivity contribution is -0.137. The van der Waals surface area contributed by atoms with Crippen LogP contribution in [-0.2, 0) is 20.6 Å². The number of halogens is 1. The average Bonchev–Trinajstić information content (AvgIpc) is 2.60. The van der Waals surface area contributed by atoms with Crippen LogP contribution >= 0.6 is 12.4 Å². The maximum Gasteiger partial charge on any atom is 0.227 e. The topological polar surface area (TPSA) is 83.7 Å². The Morgan fingerprint density at radius 3 is 2.60 bits per heavy atom. The molecule has 6 nitrogen and oxygen atoms in total. The van der Waals surface area contributed by atoms with Crippen molar-refractivity contribution in [1.82, 2.24) is 9.21 Å². The largest absolute Gasteiger partial charge is 0.342 e. The van der Waals surface area contributed by atoms with Gasteiger partial charge in [0.1, 0.15) is 0 Å². The highest BCUT2D eigenvalue weighted by atomic mass is 35.5. The number of amides is 1. The van der Waals surface area contributed by atoms with Crippen LogP contribution in [0.1, 0.15) is 25.3 Å². The molecule has 1 saturated heterocycles. The number of carbonyl (C=O) groups excluding carboxylic acids is 1. The van der Waals surface area contributed by atoms with Gasteiger partial charge in [-0.1, -0.05) is 30.3 Å². The third-order valence-corrected chi connectivity index (χ3v) is 6.49. The molecule has 0 bridgehead atoms. The molecule has 2 atom stereocenters. The Kier molecular flexibility index (Phi) is 8.34. The summed E-state index contributed by atoms with van der Waals surface area (Å²) in [5, 5.41) is 0. The number of rotatable bonds is 6. The van der Waals surface area contributed by atoms with Crippen molar-refractivity contribution < 1.29 is 13.2 Å². The monoisotopic (exact) mass is 389 g/mol. The highest BCUT2D eigenvalue weighted by molar-refractivity contribution is 7.88. The molecule has 25 heavy (non-hydrogen) atoms. The van der Waals surface area contributed by atoms with E-state index in [9.17, 15) is 13.2 Å². The quantitative estimate of drug-likeness (QED) is 0.798. The Bertz CT molecular complexity index is 654. The molecule has 0 saturated carbocycles. The van der Waals surface area contributed by atoms with E-state index in [4.69, 9.17) is 5.73 Å². The maximum absolute atomic E-state index is 12.7. The number of piperidine rings is 1. The van der Waals surface area contributed by atoms with Crippen molar-refractivity contribution in [2.24, 2.45) is 11.7 Å². The predicted octanol–water partition coefficient (Wildman–Crippen LogP) is 1.46. The van der Waals surface area contributed by atoms with Gasteiger partial charge in [0, 0.05) is 32.7 Å². The summed E-state index contributed by atoms with van der Waals surface area (Å²) in [6.45, 7) is 3.03. The Labute approximate surface area is 156 Å². The molecule has 1 fully saturated rings. The summed E-state index contributed by atoms with van der Waals surface area (Å²) < 4.78 is 26.8. The Morgan fingerprint density at radius 2 is 2.00 bits per heavy atom. The Balaban J connectivity index is 0.00000312. The lowest BCUT2D eigenvalue weighted by Crippen LogP contribution is -2.49. The summed E-state index contributed by atoms with van der Waals surface area (Å²) in [4.78, 5) is 14.2. The van der Waals surface area contributed by atoms with E-state index >= 15 is 0 Å². The molecule has 1 amide bonds. The van der Waals surface area contributed by atoms with Crippen LogP contribution in [0, 0.1) is 5.92 Å². The Hall–Kier alpha value is -1.15. The number of hydrogen-bond acceptors (Lipinski definition) is 4. The second-order valence-electron chi connectivity index (χ2n) is 6.47. The van der Waals surface area contributed by atoms with Crippen molar-refractivity contribution in [3.63, 3.8) is 0 Å². The number of likely N-dealkylation sites (N-methyl/N-ethyl adjacent to an activating group) is 1. The summed E-state index contributed by atoms with van der Waals surface area (Å²) >= 11 is 0. The first kappa shape index (κ1) is 21.9. The summed E-state index contributed by atoms with van der Waals surface area (Å²) in [6.07, 6.45) is 1.42. The van der Waals surface area contributed by atoms with Crippen molar-refractivity contribution in [3.05, 3.63) is 35.9 Å². The van der Waals surface area contributed by atoms with Crippen molar-refractivity contribution in [3.8, 4) is 0 Å².